The van der Waals surface area contributed by atoms with E-state index in [0.717, 1.165) is 0 Å². The maximum Gasteiger partial charge on any atom is 0.311 e. The molecular weight excluding hydrogens is 550 g/mol. The molecule has 42 heavy (non-hydrogen) atoms. The summed E-state index contributed by atoms with van der Waals surface area (Å²) in [5.74, 6) is -4.78. The van der Waals surface area contributed by atoms with Crippen LogP contribution in [0.15, 0.2) is 0 Å². The third-order valence-corrected chi connectivity index (χ3v) is 9.66. The van der Waals surface area contributed by atoms with Crippen molar-refractivity contribution in [1.82, 2.24) is 0 Å². The fourth-order valence-corrected chi connectivity index (χ4v) is 6.69. The molecule has 0 amide bonds. The molecule has 0 radical (unpaired) electrons. The second-order valence-electron chi connectivity index (χ2n) is 13.6. The van der Waals surface area contributed by atoms with Gasteiger partial charge in [-0.1, -0.05) is 27.7 Å². The second-order valence-corrected chi connectivity index (χ2v) is 13.6. The van der Waals surface area contributed by atoms with E-state index in [1.165, 1.54) is 42.0 Å². The molecule has 12 nitrogen and oxygen atoms in total. The number of hydrogen-bond donors (Lipinski definition) is 4. The molecule has 0 aromatic rings. The van der Waals surface area contributed by atoms with Gasteiger partial charge in [0.1, 0.15) is 23.5 Å². The number of hydroxylamine groups is 3. The van der Waals surface area contributed by atoms with Crippen LogP contribution in [0.2, 0.25) is 0 Å². The highest BCUT2D eigenvalue weighted by atomic mass is 16.7. The summed E-state index contributed by atoms with van der Waals surface area (Å²) in [6, 6.07) is -0.748. The monoisotopic (exact) mass is 605 g/mol. The highest BCUT2D eigenvalue weighted by Gasteiger charge is 2.52. The quantitative estimate of drug-likeness (QED) is 0.203. The number of nitrogens with zero attached hydrogens (tertiary/aromatic N) is 1. The zero-order chi connectivity index (χ0) is 32.5. The van der Waals surface area contributed by atoms with Crippen LogP contribution in [-0.4, -0.2) is 118 Å². The molecule has 2 aliphatic rings. The van der Waals surface area contributed by atoms with Crippen LogP contribution in [0.3, 0.4) is 0 Å². The fraction of sp³-hybridized carbons (Fsp3) is 0.933. The molecule has 6 unspecified atom stereocenters. The summed E-state index contributed by atoms with van der Waals surface area (Å²) in [6.45, 7) is 12.8. The van der Waals surface area contributed by atoms with Gasteiger partial charge in [-0.15, -0.1) is 0 Å². The lowest BCUT2D eigenvalue weighted by Crippen LogP contribution is -2.62. The first-order chi connectivity index (χ1) is 19.1. The lowest BCUT2D eigenvalue weighted by atomic mass is 9.74. The summed E-state index contributed by atoms with van der Waals surface area (Å²) in [6.07, 6.45) is -7.53. The average Bonchev–Trinajstić information content (AvgIpc) is 2.91. The SMILES string of the molecule is CCC1OC(=O)[C@H](C)C(O)C(C)C(O[C@@H]2O[C@H](C)C[C@H]([N+](C)(C)[O-])C2O)[C@](C)(OC)CC(C)C(=O)[C@H](C)[C@@H](O)[C@]1(C)O. The summed E-state index contributed by atoms with van der Waals surface area (Å²) in [5.41, 5.74) is -3.21. The van der Waals surface area contributed by atoms with E-state index in [9.17, 15) is 35.2 Å². The van der Waals surface area contributed by atoms with Crippen molar-refractivity contribution in [2.75, 3.05) is 21.2 Å². The number of rotatable bonds is 5. The fourth-order valence-electron chi connectivity index (χ4n) is 6.69. The van der Waals surface area contributed by atoms with Gasteiger partial charge in [0.25, 0.3) is 0 Å². The Labute approximate surface area is 250 Å². The minimum atomic E-state index is -1.94. The molecule has 246 valence electrons. The van der Waals surface area contributed by atoms with Crippen LogP contribution in [0.5, 0.6) is 0 Å². The van der Waals surface area contributed by atoms with Gasteiger partial charge in [-0.2, -0.15) is 0 Å². The smallest absolute Gasteiger partial charge is 0.311 e. The van der Waals surface area contributed by atoms with E-state index >= 15 is 0 Å². The van der Waals surface area contributed by atoms with Crippen LogP contribution in [-0.2, 0) is 28.5 Å². The highest BCUT2D eigenvalue weighted by Crippen LogP contribution is 2.39. The van der Waals surface area contributed by atoms with E-state index in [0.29, 0.717) is 6.42 Å². The molecule has 14 atom stereocenters. The van der Waals surface area contributed by atoms with Gasteiger partial charge in [0.15, 0.2) is 12.4 Å². The van der Waals surface area contributed by atoms with Crippen molar-refractivity contribution in [2.45, 2.75) is 135 Å². The van der Waals surface area contributed by atoms with E-state index in [1.54, 1.807) is 34.6 Å². The number of likely N-dealkylation sites (N-methyl/N-ethyl adjacent to an activating group) is 1. The maximum atomic E-state index is 13.6. The van der Waals surface area contributed by atoms with E-state index in [1.807, 2.05) is 0 Å². The Bertz CT molecular complexity index is 923. The van der Waals surface area contributed by atoms with Crippen LogP contribution in [0, 0.1) is 28.9 Å². The Hall–Kier alpha value is -1.22. The summed E-state index contributed by atoms with van der Waals surface area (Å²) in [5, 5.41) is 57.9. The van der Waals surface area contributed by atoms with Crippen molar-refractivity contribution >= 4 is 11.8 Å². The molecule has 2 heterocycles. The van der Waals surface area contributed by atoms with Crippen LogP contribution in [0.25, 0.3) is 0 Å². The van der Waals surface area contributed by atoms with E-state index < -0.39 is 94.4 Å². The molecule has 0 aliphatic carbocycles. The molecular formula is C30H55NO11. The zero-order valence-electron chi connectivity index (χ0n) is 27.1. The molecule has 0 bridgehead atoms. The van der Waals surface area contributed by atoms with Gasteiger partial charge in [-0.25, -0.2) is 0 Å². The first kappa shape index (κ1) is 37.0. The number of quaternary nitrogens is 1. The van der Waals surface area contributed by atoms with Gasteiger partial charge in [-0.3, -0.25) is 9.59 Å². The van der Waals surface area contributed by atoms with Crippen LogP contribution in [0.4, 0.5) is 0 Å². The lowest BCUT2D eigenvalue weighted by Gasteiger charge is -2.51. The largest absolute Gasteiger partial charge is 0.633 e. The number of aliphatic hydroxyl groups is 4. The molecule has 4 N–H and O–H groups in total. The number of carbonyl (C=O) groups excluding carboxylic acids is 2. The minimum Gasteiger partial charge on any atom is -0.633 e. The highest BCUT2D eigenvalue weighted by molar-refractivity contribution is 5.83. The van der Waals surface area contributed by atoms with Gasteiger partial charge >= 0.3 is 5.97 Å². The molecule has 2 aliphatic heterocycles. The summed E-state index contributed by atoms with van der Waals surface area (Å²) < 4.78 is 23.2. The number of hydrogen-bond acceptors (Lipinski definition) is 11. The van der Waals surface area contributed by atoms with Crippen LogP contribution >= 0.6 is 0 Å². The molecule has 2 saturated heterocycles. The second kappa shape index (κ2) is 13.8. The zero-order valence-corrected chi connectivity index (χ0v) is 27.1. The van der Waals surface area contributed by atoms with Crippen LogP contribution in [0.1, 0.15) is 74.7 Å². The summed E-state index contributed by atoms with van der Waals surface area (Å²) in [4.78, 5) is 26.9. The Balaban J connectivity index is 2.62. The lowest BCUT2D eigenvalue weighted by molar-refractivity contribution is -0.874. The standard InChI is InChI=1S/C30H55NO11/c1-12-21-30(8,37)25(35)17(4)22(32)15(2)14-29(7,39-11)26(18(5)23(33)19(6)27(36)41-21)42-28-24(34)20(31(9,10)38)13-16(3)40-28/h15-21,23-26,28,33-35,37H,12-14H2,1-11H3/t15?,16-,17+,18?,19-,20+,21?,23?,24?,25-,26?,28+,29-,30-/m1/s1. The molecule has 0 aromatic carbocycles. The van der Waals surface area contributed by atoms with Crippen molar-refractivity contribution in [3.8, 4) is 0 Å². The van der Waals surface area contributed by atoms with E-state index in [-0.39, 0.29) is 18.6 Å². The topological polar surface area (TPSA) is 175 Å². The summed E-state index contributed by atoms with van der Waals surface area (Å²) in [7, 11) is 4.31. The number of ether oxygens (including phenoxy) is 4. The van der Waals surface area contributed by atoms with Gasteiger partial charge in [0, 0.05) is 31.3 Å². The Kier molecular flexibility index (Phi) is 12.2. The molecule has 2 rings (SSSR count). The number of ketones is 1. The van der Waals surface area contributed by atoms with Gasteiger partial charge < -0.3 is 49.2 Å². The van der Waals surface area contributed by atoms with Gasteiger partial charge in [-0.05, 0) is 40.5 Å². The number of esters is 1. The van der Waals surface area contributed by atoms with E-state index in [4.69, 9.17) is 18.9 Å². The van der Waals surface area contributed by atoms with Crippen molar-refractivity contribution in [2.24, 2.45) is 23.7 Å². The van der Waals surface area contributed by atoms with Crippen molar-refractivity contribution in [3.05, 3.63) is 5.21 Å². The molecule has 2 fully saturated rings. The van der Waals surface area contributed by atoms with Crippen molar-refractivity contribution < 1.29 is 53.6 Å². The Morgan fingerprint density at radius 1 is 1.02 bits per heavy atom. The first-order valence-corrected chi connectivity index (χ1v) is 15.0. The van der Waals surface area contributed by atoms with E-state index in [2.05, 4.69) is 0 Å². The predicted molar refractivity (Wildman–Crippen MR) is 154 cm³/mol. The normalized spacial score (nSPS) is 47.0. The molecule has 0 saturated carbocycles. The number of cyclic esters (lactones) is 1. The maximum absolute atomic E-state index is 13.6. The summed E-state index contributed by atoms with van der Waals surface area (Å²) >= 11 is 0. The number of aliphatic hydroxyl groups excluding tert-OH is 3. The number of Topliss-reactive ketones (excluding diaryl/α,β-unsaturated/α-hetero) is 1. The molecule has 12 heteroatoms. The van der Waals surface area contributed by atoms with Gasteiger partial charge in [0.2, 0.25) is 0 Å². The van der Waals surface area contributed by atoms with Gasteiger partial charge in [0.05, 0.1) is 50.0 Å². The Morgan fingerprint density at radius 2 is 1.60 bits per heavy atom. The Morgan fingerprint density at radius 3 is 2.10 bits per heavy atom. The van der Waals surface area contributed by atoms with Crippen molar-refractivity contribution in [1.29, 1.82) is 0 Å². The first-order valence-electron chi connectivity index (χ1n) is 15.0. The predicted octanol–water partition coefficient (Wildman–Crippen LogP) is 1.53. The molecule has 0 spiro atoms. The average molecular weight is 606 g/mol. The number of methoxy groups -OCH3 is 1. The minimum absolute atomic E-state index is 0.0736. The third kappa shape index (κ3) is 7.70. The number of carbonyl (C=O) groups is 2. The third-order valence-electron chi connectivity index (χ3n) is 9.66. The van der Waals surface area contributed by atoms with Crippen LogP contribution < -0.4 is 0 Å². The van der Waals surface area contributed by atoms with Crippen molar-refractivity contribution in [3.63, 3.8) is 0 Å². The molecule has 0 aromatic heterocycles.